The van der Waals surface area contributed by atoms with Gasteiger partial charge in [0.2, 0.25) is 17.7 Å². The van der Waals surface area contributed by atoms with E-state index in [2.05, 4.69) is 31.9 Å². The molecule has 1 aromatic carbocycles. The van der Waals surface area contributed by atoms with Crippen LogP contribution in [0.25, 0.3) is 0 Å². The van der Waals surface area contributed by atoms with Gasteiger partial charge in [-0.15, -0.1) is 0 Å². The van der Waals surface area contributed by atoms with E-state index in [1.807, 2.05) is 61.5 Å². The summed E-state index contributed by atoms with van der Waals surface area (Å²) in [5, 5.41) is 8.74. The predicted octanol–water partition coefficient (Wildman–Crippen LogP) is 4.13. The first-order valence-electron chi connectivity index (χ1n) is 12.5. The molecule has 36 heavy (non-hydrogen) atoms. The largest absolute Gasteiger partial charge is 0.380 e. The van der Waals surface area contributed by atoms with E-state index < -0.39 is 6.04 Å². The topological polar surface area (TPSA) is 123 Å². The average Bonchev–Trinajstić information content (AvgIpc) is 2.80. The van der Waals surface area contributed by atoms with Gasteiger partial charge in [0.05, 0.1) is 19.3 Å². The van der Waals surface area contributed by atoms with Crippen molar-refractivity contribution in [2.75, 3.05) is 31.6 Å². The molecule has 1 atom stereocenters. The van der Waals surface area contributed by atoms with Gasteiger partial charge in [0.1, 0.15) is 0 Å². The monoisotopic (exact) mass is 568 g/mol. The maximum absolute atomic E-state index is 12.5. The fourth-order valence-electron chi connectivity index (χ4n) is 3.60. The number of benzene rings is 1. The molecule has 0 saturated heterocycles. The highest BCUT2D eigenvalue weighted by Crippen LogP contribution is 2.31. The summed E-state index contributed by atoms with van der Waals surface area (Å²) >= 11 is 3.56. The molecule has 1 aromatic rings. The summed E-state index contributed by atoms with van der Waals surface area (Å²) in [4.78, 5) is 36.5. The summed E-state index contributed by atoms with van der Waals surface area (Å²) in [6.07, 6.45) is 0.854. The normalized spacial score (nSPS) is 12.7. The Bertz CT molecular complexity index is 931. The van der Waals surface area contributed by atoms with Crippen molar-refractivity contribution in [3.05, 3.63) is 27.2 Å². The van der Waals surface area contributed by atoms with Gasteiger partial charge in [-0.25, -0.2) is 0 Å². The van der Waals surface area contributed by atoms with Gasteiger partial charge >= 0.3 is 0 Å². The lowest BCUT2D eigenvalue weighted by atomic mass is 9.93. The molecule has 0 saturated carbocycles. The van der Waals surface area contributed by atoms with Crippen LogP contribution in [0.4, 0.5) is 5.69 Å². The lowest BCUT2D eigenvalue weighted by Crippen LogP contribution is -2.45. The van der Waals surface area contributed by atoms with E-state index >= 15 is 0 Å². The highest BCUT2D eigenvalue weighted by Gasteiger charge is 2.25. The molecular weight excluding hydrogens is 524 g/mol. The fraction of sp³-hybridized carbons (Fsp3) is 0.667. The van der Waals surface area contributed by atoms with E-state index in [1.54, 1.807) is 0 Å². The number of carbonyl (C=O) groups excluding carboxylic acids is 3. The molecule has 8 nitrogen and oxygen atoms in total. The van der Waals surface area contributed by atoms with Crippen molar-refractivity contribution in [2.24, 2.45) is 16.6 Å². The standard InChI is InChI=1S/C27H45BrN4O4/c1-9-21(33)30-13-26(5,6)15-36-16-27(7,8)14-31-25(35)20(29)10-11-22(34)32-24-18(3)12-17(2)23(28)19(24)4/h12,20H,9-11,13-16,29H2,1-8H3,(H,30,33)(H,31,35)(H,32,34). The zero-order valence-corrected chi connectivity index (χ0v) is 24.8. The van der Waals surface area contributed by atoms with E-state index in [9.17, 15) is 14.4 Å². The van der Waals surface area contributed by atoms with Crippen molar-refractivity contribution < 1.29 is 19.1 Å². The van der Waals surface area contributed by atoms with Crippen LogP contribution in [-0.2, 0) is 19.1 Å². The fourth-order valence-corrected chi connectivity index (χ4v) is 3.91. The Kier molecular flexibility index (Phi) is 12.6. The second kappa shape index (κ2) is 14.1. The first kappa shape index (κ1) is 32.1. The number of halogens is 1. The minimum Gasteiger partial charge on any atom is -0.380 e. The molecule has 1 rings (SSSR count). The molecule has 5 N–H and O–H groups in total. The zero-order valence-electron chi connectivity index (χ0n) is 23.2. The molecule has 0 bridgehead atoms. The van der Waals surface area contributed by atoms with Crippen LogP contribution in [0.2, 0.25) is 0 Å². The lowest BCUT2D eigenvalue weighted by molar-refractivity contribution is -0.123. The summed E-state index contributed by atoms with van der Waals surface area (Å²) < 4.78 is 6.87. The Morgan fingerprint density at radius 3 is 2.08 bits per heavy atom. The van der Waals surface area contributed by atoms with Gasteiger partial charge in [-0.1, -0.05) is 56.6 Å². The van der Waals surface area contributed by atoms with Crippen LogP contribution in [0, 0.1) is 31.6 Å². The second-order valence-electron chi connectivity index (χ2n) is 11.2. The third-order valence-corrected chi connectivity index (χ3v) is 7.19. The number of amides is 3. The number of hydrogen-bond donors (Lipinski definition) is 4. The third kappa shape index (κ3) is 11.0. The third-order valence-electron chi connectivity index (χ3n) is 5.97. The molecule has 0 aliphatic carbocycles. The Hall–Kier alpha value is -1.97. The van der Waals surface area contributed by atoms with Crippen LogP contribution >= 0.6 is 15.9 Å². The second-order valence-corrected chi connectivity index (χ2v) is 12.0. The first-order valence-corrected chi connectivity index (χ1v) is 13.3. The number of ether oxygens (including phenoxy) is 1. The Morgan fingerprint density at radius 1 is 0.972 bits per heavy atom. The van der Waals surface area contributed by atoms with Crippen molar-refractivity contribution in [2.45, 2.75) is 80.7 Å². The van der Waals surface area contributed by atoms with Crippen molar-refractivity contribution in [1.29, 1.82) is 0 Å². The highest BCUT2D eigenvalue weighted by molar-refractivity contribution is 9.10. The summed E-state index contributed by atoms with van der Waals surface area (Å²) in [6, 6.07) is 1.24. The predicted molar refractivity (Wildman–Crippen MR) is 149 cm³/mol. The summed E-state index contributed by atoms with van der Waals surface area (Å²) in [6.45, 7) is 17.7. The van der Waals surface area contributed by atoms with Crippen LogP contribution in [-0.4, -0.2) is 50.1 Å². The molecule has 0 spiro atoms. The zero-order chi connectivity index (χ0) is 27.7. The first-order chi connectivity index (χ1) is 16.6. The maximum Gasteiger partial charge on any atom is 0.236 e. The Labute approximate surface area is 225 Å². The SMILES string of the molecule is CCC(=O)NCC(C)(C)COCC(C)(C)CNC(=O)C(N)CCC(=O)Nc1c(C)cc(C)c(Br)c1C. The van der Waals surface area contributed by atoms with Gasteiger partial charge in [-0.3, -0.25) is 14.4 Å². The molecule has 0 aliphatic rings. The van der Waals surface area contributed by atoms with E-state index in [-0.39, 0.29) is 41.4 Å². The van der Waals surface area contributed by atoms with E-state index in [4.69, 9.17) is 10.5 Å². The number of aryl methyl sites for hydroxylation is 2. The molecular formula is C27H45BrN4O4. The van der Waals surface area contributed by atoms with Crippen LogP contribution in [0.1, 0.15) is 70.6 Å². The molecule has 0 aromatic heterocycles. The molecule has 9 heteroatoms. The maximum atomic E-state index is 12.5. The highest BCUT2D eigenvalue weighted by atomic mass is 79.9. The van der Waals surface area contributed by atoms with Crippen molar-refractivity contribution in [3.63, 3.8) is 0 Å². The number of hydrogen-bond acceptors (Lipinski definition) is 5. The quantitative estimate of drug-likeness (QED) is 0.268. The molecule has 1 unspecified atom stereocenters. The summed E-state index contributed by atoms with van der Waals surface area (Å²) in [5.41, 5.74) is 9.41. The molecule has 0 aliphatic heterocycles. The van der Waals surface area contributed by atoms with E-state index in [0.29, 0.717) is 32.7 Å². The van der Waals surface area contributed by atoms with Gasteiger partial charge in [0.25, 0.3) is 0 Å². The molecule has 0 radical (unpaired) electrons. The van der Waals surface area contributed by atoms with Crippen LogP contribution in [0.15, 0.2) is 10.5 Å². The van der Waals surface area contributed by atoms with E-state index in [0.717, 1.165) is 26.9 Å². The van der Waals surface area contributed by atoms with Gasteiger partial charge in [0, 0.05) is 46.9 Å². The molecule has 0 heterocycles. The van der Waals surface area contributed by atoms with Gasteiger partial charge < -0.3 is 26.4 Å². The van der Waals surface area contributed by atoms with Crippen molar-refractivity contribution in [1.82, 2.24) is 10.6 Å². The number of anilines is 1. The van der Waals surface area contributed by atoms with Crippen LogP contribution in [0.5, 0.6) is 0 Å². The Morgan fingerprint density at radius 2 is 1.53 bits per heavy atom. The molecule has 204 valence electrons. The summed E-state index contributed by atoms with van der Waals surface area (Å²) in [5.74, 6) is -0.441. The van der Waals surface area contributed by atoms with Gasteiger partial charge in [-0.2, -0.15) is 0 Å². The minimum absolute atomic E-state index is 0.0217. The van der Waals surface area contributed by atoms with Crippen LogP contribution < -0.4 is 21.7 Å². The van der Waals surface area contributed by atoms with Crippen molar-refractivity contribution >= 4 is 39.3 Å². The Balaban J connectivity index is 2.44. The smallest absolute Gasteiger partial charge is 0.236 e. The van der Waals surface area contributed by atoms with E-state index in [1.165, 1.54) is 0 Å². The number of rotatable bonds is 14. The van der Waals surface area contributed by atoms with Crippen molar-refractivity contribution in [3.8, 4) is 0 Å². The summed E-state index contributed by atoms with van der Waals surface area (Å²) in [7, 11) is 0. The lowest BCUT2D eigenvalue weighted by Gasteiger charge is -2.29. The number of nitrogens with one attached hydrogen (secondary N) is 3. The number of carbonyl (C=O) groups is 3. The molecule has 3 amide bonds. The van der Waals surface area contributed by atoms with Gasteiger partial charge in [-0.05, 0) is 43.9 Å². The number of nitrogens with two attached hydrogens (primary N) is 1. The van der Waals surface area contributed by atoms with Gasteiger partial charge in [0.15, 0.2) is 0 Å². The minimum atomic E-state index is -0.777. The average molecular weight is 570 g/mol. The van der Waals surface area contributed by atoms with Crippen LogP contribution in [0.3, 0.4) is 0 Å². The molecule has 0 fully saturated rings.